The van der Waals surface area contributed by atoms with Crippen LogP contribution in [-0.4, -0.2) is 28.8 Å². The van der Waals surface area contributed by atoms with Gasteiger partial charge in [-0.2, -0.15) is 5.10 Å². The number of ether oxygens (including phenoxy) is 1. The van der Waals surface area contributed by atoms with E-state index >= 15 is 0 Å². The first-order chi connectivity index (χ1) is 13.0. The third kappa shape index (κ3) is 5.21. The maximum Gasteiger partial charge on any atom is 0.307 e. The molecule has 0 aliphatic rings. The van der Waals surface area contributed by atoms with Gasteiger partial charge in [-0.15, -0.1) is 0 Å². The molecule has 1 N–H and O–H groups in total. The highest BCUT2D eigenvalue weighted by atomic mass is 16.5. The Labute approximate surface area is 167 Å². The lowest BCUT2D eigenvalue weighted by atomic mass is 10.0. The zero-order chi connectivity index (χ0) is 21.1. The van der Waals surface area contributed by atoms with E-state index in [9.17, 15) is 9.59 Å². The van der Waals surface area contributed by atoms with Gasteiger partial charge in [0, 0.05) is 5.69 Å². The van der Waals surface area contributed by atoms with Gasteiger partial charge in [0.1, 0.15) is 5.69 Å². The predicted molar refractivity (Wildman–Crippen MR) is 109 cm³/mol. The lowest BCUT2D eigenvalue weighted by Crippen LogP contribution is -2.31. The molecular formula is C22H31N3O3. The molecule has 0 saturated carbocycles. The van der Waals surface area contributed by atoms with E-state index in [1.165, 1.54) is 7.11 Å². The maximum atomic E-state index is 12.9. The highest BCUT2D eigenvalue weighted by Crippen LogP contribution is 2.24. The van der Waals surface area contributed by atoms with E-state index in [2.05, 4.69) is 45.0 Å². The molecule has 0 aliphatic heterocycles. The fourth-order valence-electron chi connectivity index (χ4n) is 2.99. The van der Waals surface area contributed by atoms with Crippen LogP contribution in [0.4, 0.5) is 0 Å². The highest BCUT2D eigenvalue weighted by Gasteiger charge is 2.26. The second-order valence-corrected chi connectivity index (χ2v) is 8.41. The van der Waals surface area contributed by atoms with E-state index in [1.807, 2.05) is 41.9 Å². The molecular weight excluding hydrogens is 354 g/mol. The van der Waals surface area contributed by atoms with Gasteiger partial charge in [-0.05, 0) is 45.2 Å². The van der Waals surface area contributed by atoms with Crippen molar-refractivity contribution >= 4 is 11.9 Å². The third-order valence-corrected chi connectivity index (χ3v) is 4.58. The number of aryl methyl sites for hydroxylation is 1. The van der Waals surface area contributed by atoms with Crippen LogP contribution in [0, 0.1) is 6.92 Å². The van der Waals surface area contributed by atoms with E-state index in [1.54, 1.807) is 0 Å². The van der Waals surface area contributed by atoms with Crippen LogP contribution in [0.15, 0.2) is 30.3 Å². The first-order valence-electron chi connectivity index (χ1n) is 9.57. The zero-order valence-corrected chi connectivity index (χ0v) is 17.9. The first-order valence-corrected chi connectivity index (χ1v) is 9.57. The van der Waals surface area contributed by atoms with Crippen molar-refractivity contribution in [1.29, 1.82) is 0 Å². The summed E-state index contributed by atoms with van der Waals surface area (Å²) < 4.78 is 6.70. The van der Waals surface area contributed by atoms with Gasteiger partial charge >= 0.3 is 5.97 Å². The molecule has 0 fully saturated rings. The monoisotopic (exact) mass is 385 g/mol. The summed E-state index contributed by atoms with van der Waals surface area (Å²) >= 11 is 0. The zero-order valence-electron chi connectivity index (χ0n) is 17.9. The Morgan fingerprint density at radius 2 is 1.79 bits per heavy atom. The Balaban J connectivity index is 2.32. The largest absolute Gasteiger partial charge is 0.469 e. The SMILES string of the molecule is COC(=O)CC(NC(=O)c1cc(C(C)C)n(C(C)(C)C)n1)c1ccc(C)cc1. The average molecular weight is 386 g/mol. The lowest BCUT2D eigenvalue weighted by Gasteiger charge is -2.23. The Morgan fingerprint density at radius 3 is 2.25 bits per heavy atom. The van der Waals surface area contributed by atoms with Crippen molar-refractivity contribution in [2.75, 3.05) is 7.11 Å². The first kappa shape index (κ1) is 21.7. The molecule has 0 saturated heterocycles. The molecule has 1 unspecified atom stereocenters. The summed E-state index contributed by atoms with van der Waals surface area (Å²) in [5.74, 6) is -0.454. The summed E-state index contributed by atoms with van der Waals surface area (Å²) in [7, 11) is 1.34. The molecule has 1 aromatic heterocycles. The van der Waals surface area contributed by atoms with Crippen LogP contribution >= 0.6 is 0 Å². The number of hydrogen-bond acceptors (Lipinski definition) is 4. The van der Waals surface area contributed by atoms with Crippen LogP contribution in [-0.2, 0) is 15.1 Å². The Kier molecular flexibility index (Phi) is 6.65. The van der Waals surface area contributed by atoms with Crippen molar-refractivity contribution in [2.24, 2.45) is 0 Å². The van der Waals surface area contributed by atoms with Crippen molar-refractivity contribution < 1.29 is 14.3 Å². The number of amides is 1. The summed E-state index contributed by atoms with van der Waals surface area (Å²) in [5, 5.41) is 7.50. The summed E-state index contributed by atoms with van der Waals surface area (Å²) in [4.78, 5) is 24.8. The normalized spacial score (nSPS) is 12.7. The summed E-state index contributed by atoms with van der Waals surface area (Å²) in [6, 6.07) is 9.08. The second kappa shape index (κ2) is 8.59. The van der Waals surface area contributed by atoms with Gasteiger partial charge in [0.05, 0.1) is 25.1 Å². The topological polar surface area (TPSA) is 73.2 Å². The van der Waals surface area contributed by atoms with Gasteiger partial charge in [0.2, 0.25) is 0 Å². The number of aromatic nitrogens is 2. The number of benzene rings is 1. The molecule has 0 aliphatic carbocycles. The van der Waals surface area contributed by atoms with Crippen LogP contribution in [0.25, 0.3) is 0 Å². The van der Waals surface area contributed by atoms with E-state index in [0.717, 1.165) is 16.8 Å². The molecule has 28 heavy (non-hydrogen) atoms. The number of esters is 1. The third-order valence-electron chi connectivity index (χ3n) is 4.58. The van der Waals surface area contributed by atoms with Crippen molar-refractivity contribution in [3.8, 4) is 0 Å². The average Bonchev–Trinajstić information content (AvgIpc) is 3.08. The summed E-state index contributed by atoms with van der Waals surface area (Å²) in [5.41, 5.74) is 3.07. The van der Waals surface area contributed by atoms with Gasteiger partial charge in [0.15, 0.2) is 0 Å². The quantitative estimate of drug-likeness (QED) is 0.760. The van der Waals surface area contributed by atoms with E-state index in [4.69, 9.17) is 4.74 Å². The minimum Gasteiger partial charge on any atom is -0.469 e. The molecule has 1 amide bonds. The Bertz CT molecular complexity index is 830. The number of hydrogen-bond donors (Lipinski definition) is 1. The maximum absolute atomic E-state index is 12.9. The number of carbonyl (C=O) groups excluding carboxylic acids is 2. The molecule has 0 bridgehead atoms. The van der Waals surface area contributed by atoms with Crippen LogP contribution in [0.1, 0.15) is 80.3 Å². The molecule has 6 heteroatoms. The van der Waals surface area contributed by atoms with Gasteiger partial charge in [-0.1, -0.05) is 43.7 Å². The van der Waals surface area contributed by atoms with E-state index in [0.29, 0.717) is 5.69 Å². The van der Waals surface area contributed by atoms with Crippen LogP contribution in [0.2, 0.25) is 0 Å². The molecule has 6 nitrogen and oxygen atoms in total. The standard InChI is InChI=1S/C22H31N3O3/c1-14(2)19-12-18(24-25(19)22(4,5)6)21(27)23-17(13-20(26)28-7)16-10-8-15(3)9-11-16/h8-12,14,17H,13H2,1-7H3,(H,23,27). The van der Waals surface area contributed by atoms with Crippen molar-refractivity contribution in [3.63, 3.8) is 0 Å². The fourth-order valence-corrected chi connectivity index (χ4v) is 2.99. The van der Waals surface area contributed by atoms with Crippen molar-refractivity contribution in [3.05, 3.63) is 52.8 Å². The van der Waals surface area contributed by atoms with Gasteiger partial charge in [-0.3, -0.25) is 14.3 Å². The smallest absolute Gasteiger partial charge is 0.307 e. The molecule has 152 valence electrons. The molecule has 1 aromatic carbocycles. The number of rotatable bonds is 6. The van der Waals surface area contributed by atoms with Crippen LogP contribution in [0.5, 0.6) is 0 Å². The molecule has 1 atom stereocenters. The minimum absolute atomic E-state index is 0.0579. The van der Waals surface area contributed by atoms with Gasteiger partial charge in [-0.25, -0.2) is 0 Å². The highest BCUT2D eigenvalue weighted by molar-refractivity contribution is 5.93. The van der Waals surface area contributed by atoms with Crippen molar-refractivity contribution in [2.45, 2.75) is 65.5 Å². The van der Waals surface area contributed by atoms with Gasteiger partial charge in [0.25, 0.3) is 5.91 Å². The molecule has 1 heterocycles. The number of methoxy groups -OCH3 is 1. The number of nitrogens with zero attached hydrogens (tertiary/aromatic N) is 2. The van der Waals surface area contributed by atoms with Gasteiger partial charge < -0.3 is 10.1 Å². The number of nitrogens with one attached hydrogen (secondary N) is 1. The summed E-state index contributed by atoms with van der Waals surface area (Å²) in [6.45, 7) is 12.3. The Hall–Kier alpha value is -2.63. The molecule has 0 spiro atoms. The molecule has 2 rings (SSSR count). The minimum atomic E-state index is -0.483. The van der Waals surface area contributed by atoms with Crippen molar-refractivity contribution in [1.82, 2.24) is 15.1 Å². The number of carbonyl (C=O) groups is 2. The van der Waals surface area contributed by atoms with E-state index < -0.39 is 6.04 Å². The lowest BCUT2D eigenvalue weighted by molar-refractivity contribution is -0.141. The summed E-state index contributed by atoms with van der Waals surface area (Å²) in [6.07, 6.45) is 0.0579. The van der Waals surface area contributed by atoms with Crippen LogP contribution in [0.3, 0.4) is 0 Å². The Morgan fingerprint density at radius 1 is 1.18 bits per heavy atom. The fraction of sp³-hybridized carbons (Fsp3) is 0.500. The molecule has 0 radical (unpaired) electrons. The molecule has 2 aromatic rings. The second-order valence-electron chi connectivity index (χ2n) is 8.41. The van der Waals surface area contributed by atoms with Crippen LogP contribution < -0.4 is 5.32 Å². The van der Waals surface area contributed by atoms with E-state index in [-0.39, 0.29) is 29.8 Å². The predicted octanol–water partition coefficient (Wildman–Crippen LogP) is 4.10.